The number of benzene rings is 2. The molecule has 0 atom stereocenters. The van der Waals surface area contributed by atoms with E-state index in [0.717, 1.165) is 23.4 Å². The Balaban J connectivity index is 1.82. The minimum absolute atomic E-state index is 0.115. The molecule has 142 valence electrons. The van der Waals surface area contributed by atoms with E-state index in [2.05, 4.69) is 47.9 Å². The molecule has 0 unspecified atom stereocenters. The third kappa shape index (κ3) is 4.74. The van der Waals surface area contributed by atoms with Crippen LogP contribution in [0.5, 0.6) is 5.75 Å². The molecule has 0 bridgehead atoms. The van der Waals surface area contributed by atoms with Crippen LogP contribution in [0.4, 0.5) is 0 Å². The van der Waals surface area contributed by atoms with Gasteiger partial charge in [-0.25, -0.2) is 0 Å². The number of para-hydroxylation sites is 1. The number of ether oxygens (including phenoxy) is 1. The summed E-state index contributed by atoms with van der Waals surface area (Å²) < 4.78 is 11.4. The quantitative estimate of drug-likeness (QED) is 0.637. The van der Waals surface area contributed by atoms with Crippen molar-refractivity contribution in [3.63, 3.8) is 0 Å². The highest BCUT2D eigenvalue weighted by Crippen LogP contribution is 2.31. The Labute approximate surface area is 161 Å². The van der Waals surface area contributed by atoms with Crippen LogP contribution in [-0.4, -0.2) is 42.3 Å². The summed E-state index contributed by atoms with van der Waals surface area (Å²) >= 11 is 0. The van der Waals surface area contributed by atoms with Crippen LogP contribution in [-0.2, 0) is 5.41 Å². The first kappa shape index (κ1) is 19.1. The first-order chi connectivity index (χ1) is 12.8. The van der Waals surface area contributed by atoms with E-state index in [9.17, 15) is 0 Å². The molecule has 0 amide bonds. The van der Waals surface area contributed by atoms with Crippen LogP contribution in [0.15, 0.2) is 53.1 Å². The fourth-order valence-electron chi connectivity index (χ4n) is 2.68. The maximum atomic E-state index is 5.90. The molecular weight excluding hydrogens is 338 g/mol. The van der Waals surface area contributed by atoms with E-state index in [-0.39, 0.29) is 5.41 Å². The Morgan fingerprint density at radius 1 is 1.00 bits per heavy atom. The van der Waals surface area contributed by atoms with Gasteiger partial charge in [0.25, 0.3) is 5.89 Å². The van der Waals surface area contributed by atoms with Gasteiger partial charge >= 0.3 is 0 Å². The highest BCUT2D eigenvalue weighted by Gasteiger charge is 2.17. The molecule has 0 radical (unpaired) electrons. The topological polar surface area (TPSA) is 51.4 Å². The number of nitrogens with zero attached hydrogens (tertiary/aromatic N) is 3. The molecule has 0 aliphatic heterocycles. The second-order valence-corrected chi connectivity index (χ2v) is 7.90. The summed E-state index contributed by atoms with van der Waals surface area (Å²) in [5.41, 5.74) is 3.13. The van der Waals surface area contributed by atoms with Crippen molar-refractivity contribution in [3.8, 4) is 28.6 Å². The predicted octanol–water partition coefficient (Wildman–Crippen LogP) is 4.64. The van der Waals surface area contributed by atoms with Crippen LogP contribution in [0, 0.1) is 0 Å². The number of hydrogen-bond acceptors (Lipinski definition) is 5. The summed E-state index contributed by atoms with van der Waals surface area (Å²) in [5, 5.41) is 4.15. The number of aromatic nitrogens is 2. The van der Waals surface area contributed by atoms with Crippen molar-refractivity contribution in [2.24, 2.45) is 0 Å². The van der Waals surface area contributed by atoms with E-state index < -0.39 is 0 Å². The first-order valence-electron chi connectivity index (χ1n) is 9.16. The lowest BCUT2D eigenvalue weighted by atomic mass is 9.87. The summed E-state index contributed by atoms with van der Waals surface area (Å²) in [6.45, 7) is 8.02. The van der Waals surface area contributed by atoms with Crippen molar-refractivity contribution < 1.29 is 9.26 Å². The van der Waals surface area contributed by atoms with E-state index in [1.165, 1.54) is 5.56 Å². The van der Waals surface area contributed by atoms with Gasteiger partial charge in [-0.15, -0.1) is 0 Å². The number of rotatable bonds is 6. The highest BCUT2D eigenvalue weighted by molar-refractivity contribution is 5.65. The molecule has 5 nitrogen and oxygen atoms in total. The summed E-state index contributed by atoms with van der Waals surface area (Å²) in [7, 11) is 4.04. The fourth-order valence-corrected chi connectivity index (χ4v) is 2.68. The molecule has 27 heavy (non-hydrogen) atoms. The number of hydrogen-bond donors (Lipinski definition) is 0. The summed E-state index contributed by atoms with van der Waals surface area (Å²) in [5.74, 6) is 1.79. The Hall–Kier alpha value is -2.66. The van der Waals surface area contributed by atoms with Gasteiger partial charge in [-0.2, -0.15) is 4.98 Å². The molecule has 0 fully saturated rings. The molecule has 1 aromatic heterocycles. The van der Waals surface area contributed by atoms with Gasteiger partial charge in [0.1, 0.15) is 12.4 Å². The Bertz CT molecular complexity index is 877. The predicted molar refractivity (Wildman–Crippen MR) is 108 cm³/mol. The second-order valence-electron chi connectivity index (χ2n) is 7.90. The van der Waals surface area contributed by atoms with Crippen LogP contribution in [0.2, 0.25) is 0 Å². The zero-order valence-corrected chi connectivity index (χ0v) is 16.7. The van der Waals surface area contributed by atoms with Gasteiger partial charge in [-0.05, 0) is 37.2 Å². The van der Waals surface area contributed by atoms with Crippen molar-refractivity contribution in [3.05, 3.63) is 54.1 Å². The highest BCUT2D eigenvalue weighted by atomic mass is 16.5. The molecule has 3 aromatic rings. The molecule has 0 saturated carbocycles. The lowest BCUT2D eigenvalue weighted by Crippen LogP contribution is -2.19. The van der Waals surface area contributed by atoms with Gasteiger partial charge in [0.15, 0.2) is 0 Å². The smallest absolute Gasteiger partial charge is 0.262 e. The molecule has 0 aliphatic carbocycles. The van der Waals surface area contributed by atoms with Gasteiger partial charge in [-0.3, -0.25) is 0 Å². The van der Waals surface area contributed by atoms with E-state index in [1.807, 2.05) is 50.5 Å². The van der Waals surface area contributed by atoms with E-state index in [1.54, 1.807) is 0 Å². The molecule has 0 saturated heterocycles. The minimum Gasteiger partial charge on any atom is -0.491 e. The molecule has 5 heteroatoms. The lowest BCUT2D eigenvalue weighted by Gasteiger charge is -2.18. The maximum Gasteiger partial charge on any atom is 0.262 e. The van der Waals surface area contributed by atoms with Crippen molar-refractivity contribution in [2.75, 3.05) is 27.2 Å². The molecule has 0 N–H and O–H groups in total. The van der Waals surface area contributed by atoms with Crippen LogP contribution in [0.3, 0.4) is 0 Å². The van der Waals surface area contributed by atoms with Crippen LogP contribution in [0.1, 0.15) is 26.3 Å². The zero-order chi connectivity index (χ0) is 19.4. The zero-order valence-electron chi connectivity index (χ0n) is 16.7. The van der Waals surface area contributed by atoms with Gasteiger partial charge < -0.3 is 14.2 Å². The van der Waals surface area contributed by atoms with Crippen molar-refractivity contribution in [2.45, 2.75) is 26.2 Å². The van der Waals surface area contributed by atoms with Crippen molar-refractivity contribution in [1.82, 2.24) is 15.0 Å². The van der Waals surface area contributed by atoms with Crippen LogP contribution >= 0.6 is 0 Å². The summed E-state index contributed by atoms with van der Waals surface area (Å²) in [6, 6.07) is 16.0. The van der Waals surface area contributed by atoms with Gasteiger partial charge in [0.2, 0.25) is 5.82 Å². The summed E-state index contributed by atoms with van der Waals surface area (Å²) in [4.78, 5) is 6.66. The average molecular weight is 365 g/mol. The van der Waals surface area contributed by atoms with Gasteiger partial charge in [-0.1, -0.05) is 62.3 Å². The van der Waals surface area contributed by atoms with Gasteiger partial charge in [0.05, 0.1) is 5.56 Å². The van der Waals surface area contributed by atoms with Gasteiger partial charge in [0, 0.05) is 12.1 Å². The third-order valence-corrected chi connectivity index (χ3v) is 4.35. The van der Waals surface area contributed by atoms with E-state index in [0.29, 0.717) is 18.3 Å². The Morgan fingerprint density at radius 2 is 1.70 bits per heavy atom. The average Bonchev–Trinajstić information content (AvgIpc) is 3.11. The normalized spacial score (nSPS) is 11.8. The number of likely N-dealkylation sites (N-methyl/N-ethyl adjacent to an activating group) is 1. The molecule has 0 spiro atoms. The first-order valence-corrected chi connectivity index (χ1v) is 9.16. The van der Waals surface area contributed by atoms with E-state index in [4.69, 9.17) is 9.26 Å². The van der Waals surface area contributed by atoms with E-state index >= 15 is 0 Å². The second kappa shape index (κ2) is 7.92. The third-order valence-electron chi connectivity index (χ3n) is 4.35. The lowest BCUT2D eigenvalue weighted by molar-refractivity contribution is 0.261. The summed E-state index contributed by atoms with van der Waals surface area (Å²) in [6.07, 6.45) is 0. The SMILES string of the molecule is CN(C)CCOc1ccccc1-c1nc(-c2ccc(C(C)(C)C)cc2)no1. The van der Waals surface area contributed by atoms with Crippen molar-refractivity contribution in [1.29, 1.82) is 0 Å². The standard InChI is InChI=1S/C22H27N3O2/c1-22(2,3)17-12-10-16(11-13-17)20-23-21(27-24-20)18-8-6-7-9-19(18)26-15-14-25(4)5/h6-13H,14-15H2,1-5H3. The fraction of sp³-hybridized carbons (Fsp3) is 0.364. The Morgan fingerprint density at radius 3 is 2.37 bits per heavy atom. The molecular formula is C22H27N3O2. The molecule has 0 aliphatic rings. The minimum atomic E-state index is 0.115. The molecule has 3 rings (SSSR count). The van der Waals surface area contributed by atoms with Crippen LogP contribution in [0.25, 0.3) is 22.8 Å². The molecule has 2 aromatic carbocycles. The monoisotopic (exact) mass is 365 g/mol. The van der Waals surface area contributed by atoms with Crippen LogP contribution < -0.4 is 4.74 Å². The Kier molecular flexibility index (Phi) is 5.61. The largest absolute Gasteiger partial charge is 0.491 e. The van der Waals surface area contributed by atoms with Crippen molar-refractivity contribution >= 4 is 0 Å². The maximum absolute atomic E-state index is 5.90. The molecule has 1 heterocycles.